The van der Waals surface area contributed by atoms with Gasteiger partial charge in [0.25, 0.3) is 0 Å². The molecule has 0 radical (unpaired) electrons. The normalized spacial score (nSPS) is 19.4. The molecule has 0 unspecified atom stereocenters. The molecule has 3 rings (SSSR count). The van der Waals surface area contributed by atoms with E-state index in [1.54, 1.807) is 0 Å². The Balaban J connectivity index is 0.000000380. The van der Waals surface area contributed by atoms with E-state index in [1.807, 2.05) is 24.3 Å². The number of benzene rings is 2. The van der Waals surface area contributed by atoms with E-state index in [0.29, 0.717) is 11.6 Å². The number of rotatable bonds is 3. The van der Waals surface area contributed by atoms with E-state index in [4.69, 9.17) is 30.3 Å². The van der Waals surface area contributed by atoms with E-state index in [2.05, 4.69) is 42.3 Å². The second-order valence-electron chi connectivity index (χ2n) is 6.37. The number of aliphatic carboxylic acids is 2. The zero-order valence-electron chi connectivity index (χ0n) is 15.1. The van der Waals surface area contributed by atoms with Gasteiger partial charge in [-0.3, -0.25) is 0 Å². The molecular weight excluding hydrogens is 348 g/mol. The minimum Gasteiger partial charge on any atom is -0.488 e. The number of nitrogens with zero attached hydrogens (tertiary/aromatic N) is 1. The average molecular weight is 372 g/mol. The molecule has 1 aliphatic rings. The number of anilines is 1. The Bertz CT molecular complexity index is 754. The van der Waals surface area contributed by atoms with Crippen LogP contribution in [0.1, 0.15) is 17.9 Å². The molecule has 2 aromatic rings. The largest absolute Gasteiger partial charge is 0.488 e. The first-order chi connectivity index (χ1) is 12.9. The molecule has 0 aromatic heterocycles. The monoisotopic (exact) mass is 372 g/mol. The Hall–Kier alpha value is -3.06. The molecule has 1 fully saturated rings. The summed E-state index contributed by atoms with van der Waals surface area (Å²) in [6.07, 6.45) is 1.19. The molecule has 0 saturated carbocycles. The van der Waals surface area contributed by atoms with Gasteiger partial charge >= 0.3 is 11.9 Å². The third-order valence-corrected chi connectivity index (χ3v) is 4.36. The van der Waals surface area contributed by atoms with Gasteiger partial charge in [0.2, 0.25) is 0 Å². The van der Waals surface area contributed by atoms with Crippen molar-refractivity contribution in [2.24, 2.45) is 0 Å². The fourth-order valence-electron chi connectivity index (χ4n) is 3.01. The van der Waals surface area contributed by atoms with Crippen molar-refractivity contribution in [1.29, 1.82) is 0 Å². The number of likely N-dealkylation sites (tertiary alicyclic amines) is 1. The van der Waals surface area contributed by atoms with Crippen LogP contribution in [0.5, 0.6) is 5.75 Å². The number of nitrogens with two attached hydrogens (primary N) is 1. The van der Waals surface area contributed by atoms with Crippen molar-refractivity contribution in [2.45, 2.75) is 18.4 Å². The molecule has 0 aliphatic carbocycles. The molecule has 27 heavy (non-hydrogen) atoms. The van der Waals surface area contributed by atoms with Gasteiger partial charge in [-0.1, -0.05) is 42.5 Å². The summed E-state index contributed by atoms with van der Waals surface area (Å²) in [5.41, 5.74) is 8.06. The van der Waals surface area contributed by atoms with Crippen LogP contribution < -0.4 is 10.5 Å². The van der Waals surface area contributed by atoms with Gasteiger partial charge in [-0.15, -0.1) is 0 Å². The molecule has 0 amide bonds. The first kappa shape index (κ1) is 20.3. The molecule has 4 N–H and O–H groups in total. The minimum atomic E-state index is -1.82. The molecule has 7 nitrogen and oxygen atoms in total. The van der Waals surface area contributed by atoms with Gasteiger partial charge in [0.1, 0.15) is 11.9 Å². The summed E-state index contributed by atoms with van der Waals surface area (Å²) in [4.78, 5) is 20.6. The summed E-state index contributed by atoms with van der Waals surface area (Å²) in [5.74, 6) is -2.47. The molecule has 0 bridgehead atoms. The number of hydrogen-bond donors (Lipinski definition) is 3. The van der Waals surface area contributed by atoms with Crippen LogP contribution in [0.4, 0.5) is 5.69 Å². The maximum absolute atomic E-state index is 9.10. The second-order valence-corrected chi connectivity index (χ2v) is 6.37. The van der Waals surface area contributed by atoms with Gasteiger partial charge in [-0.2, -0.15) is 0 Å². The van der Waals surface area contributed by atoms with E-state index in [-0.39, 0.29) is 6.10 Å². The summed E-state index contributed by atoms with van der Waals surface area (Å²) >= 11 is 0. The summed E-state index contributed by atoms with van der Waals surface area (Å²) in [5, 5.41) is 14.8. The smallest absolute Gasteiger partial charge is 0.414 e. The number of carboxylic acids is 2. The first-order valence-electron chi connectivity index (χ1n) is 8.59. The highest BCUT2D eigenvalue weighted by molar-refractivity contribution is 6.27. The second kappa shape index (κ2) is 9.59. The zero-order valence-corrected chi connectivity index (χ0v) is 15.1. The van der Waals surface area contributed by atoms with E-state index < -0.39 is 11.9 Å². The lowest BCUT2D eigenvalue weighted by Crippen LogP contribution is -2.42. The van der Waals surface area contributed by atoms with Crippen molar-refractivity contribution < 1.29 is 24.5 Å². The highest BCUT2D eigenvalue weighted by Gasteiger charge is 2.30. The van der Waals surface area contributed by atoms with E-state index >= 15 is 0 Å². The molecule has 2 aromatic carbocycles. The number of para-hydroxylation sites is 2. The van der Waals surface area contributed by atoms with Crippen molar-refractivity contribution in [3.63, 3.8) is 0 Å². The van der Waals surface area contributed by atoms with Crippen molar-refractivity contribution in [3.05, 3.63) is 60.2 Å². The summed E-state index contributed by atoms with van der Waals surface area (Å²) in [6.45, 7) is 2.07. The summed E-state index contributed by atoms with van der Waals surface area (Å²) in [6, 6.07) is 18.4. The van der Waals surface area contributed by atoms with Gasteiger partial charge in [-0.05, 0) is 31.2 Å². The van der Waals surface area contributed by atoms with Crippen LogP contribution in [-0.4, -0.2) is 53.3 Å². The number of piperidine rings is 1. The maximum Gasteiger partial charge on any atom is 0.414 e. The van der Waals surface area contributed by atoms with Crippen LogP contribution in [0.25, 0.3) is 0 Å². The van der Waals surface area contributed by atoms with Gasteiger partial charge in [0.15, 0.2) is 0 Å². The number of carbonyl (C=O) groups is 2. The fourth-order valence-corrected chi connectivity index (χ4v) is 3.01. The molecule has 1 heterocycles. The number of likely N-dealkylation sites (N-methyl/N-ethyl adjacent to an activating group) is 1. The van der Waals surface area contributed by atoms with Crippen molar-refractivity contribution >= 4 is 17.6 Å². The van der Waals surface area contributed by atoms with Crippen LogP contribution in [0.3, 0.4) is 0 Å². The Kier molecular flexibility index (Phi) is 7.19. The van der Waals surface area contributed by atoms with Gasteiger partial charge in [0, 0.05) is 19.0 Å². The fraction of sp³-hybridized carbons (Fsp3) is 0.300. The average Bonchev–Trinajstić information content (AvgIpc) is 2.66. The predicted molar refractivity (Wildman–Crippen MR) is 102 cm³/mol. The van der Waals surface area contributed by atoms with Crippen molar-refractivity contribution in [2.75, 3.05) is 25.9 Å². The third kappa shape index (κ3) is 6.00. The number of ether oxygens (including phenoxy) is 1. The van der Waals surface area contributed by atoms with Gasteiger partial charge < -0.3 is 25.6 Å². The van der Waals surface area contributed by atoms with Gasteiger partial charge in [-0.25, -0.2) is 9.59 Å². The van der Waals surface area contributed by atoms with Crippen LogP contribution >= 0.6 is 0 Å². The molecule has 1 saturated heterocycles. The highest BCUT2D eigenvalue weighted by Crippen LogP contribution is 2.32. The topological polar surface area (TPSA) is 113 Å². The number of carboxylic acid groups (broad SMARTS) is 2. The summed E-state index contributed by atoms with van der Waals surface area (Å²) < 4.78 is 6.25. The third-order valence-electron chi connectivity index (χ3n) is 4.36. The zero-order chi connectivity index (χ0) is 19.8. The lowest BCUT2D eigenvalue weighted by atomic mass is 9.88. The Morgan fingerprint density at radius 1 is 1.04 bits per heavy atom. The van der Waals surface area contributed by atoms with Crippen LogP contribution in [-0.2, 0) is 9.59 Å². The molecule has 2 atom stereocenters. The van der Waals surface area contributed by atoms with Crippen LogP contribution in [0.2, 0.25) is 0 Å². The molecular formula is C20H24N2O5. The minimum absolute atomic E-state index is 0.174. The standard InChI is InChI=1S/C18H22N2O.C2H2O4/c1-20-12-11-17(21-18-10-6-5-9-16(18)19)15(13-20)14-7-3-2-4-8-14;3-1(4)2(5)6/h2-10,15,17H,11-13,19H2,1H3;(H,3,4)(H,5,6)/t15-,17+;/m0./s1. The lowest BCUT2D eigenvalue weighted by molar-refractivity contribution is -0.159. The lowest BCUT2D eigenvalue weighted by Gasteiger charge is -2.37. The summed E-state index contributed by atoms with van der Waals surface area (Å²) in [7, 11) is 2.17. The van der Waals surface area contributed by atoms with E-state index in [0.717, 1.165) is 25.3 Å². The van der Waals surface area contributed by atoms with Crippen LogP contribution in [0, 0.1) is 0 Å². The van der Waals surface area contributed by atoms with E-state index in [9.17, 15) is 0 Å². The maximum atomic E-state index is 9.10. The quantitative estimate of drug-likeness (QED) is 0.559. The predicted octanol–water partition coefficient (Wildman–Crippen LogP) is 2.29. The number of nitrogen functional groups attached to an aromatic ring is 1. The van der Waals surface area contributed by atoms with Crippen molar-refractivity contribution in [3.8, 4) is 5.75 Å². The Morgan fingerprint density at radius 3 is 2.22 bits per heavy atom. The van der Waals surface area contributed by atoms with Gasteiger partial charge in [0.05, 0.1) is 5.69 Å². The van der Waals surface area contributed by atoms with Crippen LogP contribution in [0.15, 0.2) is 54.6 Å². The van der Waals surface area contributed by atoms with Crippen molar-refractivity contribution in [1.82, 2.24) is 4.90 Å². The molecule has 1 aliphatic heterocycles. The Labute approximate surface area is 158 Å². The first-order valence-corrected chi connectivity index (χ1v) is 8.59. The molecule has 144 valence electrons. The number of hydrogen-bond acceptors (Lipinski definition) is 5. The molecule has 7 heteroatoms. The Morgan fingerprint density at radius 2 is 1.63 bits per heavy atom. The van der Waals surface area contributed by atoms with E-state index in [1.165, 1.54) is 5.56 Å². The highest BCUT2D eigenvalue weighted by atomic mass is 16.5. The molecule has 0 spiro atoms. The SMILES string of the molecule is CN1CC[C@@H](Oc2ccccc2N)[C@H](c2ccccc2)C1.O=C(O)C(=O)O.